The number of thioether (sulfide) groups is 1. The summed E-state index contributed by atoms with van der Waals surface area (Å²) < 4.78 is 1.89. The van der Waals surface area contributed by atoms with Crippen molar-refractivity contribution in [2.24, 2.45) is 4.99 Å². The van der Waals surface area contributed by atoms with Gasteiger partial charge in [-0.2, -0.15) is 16.9 Å². The molecule has 0 spiro atoms. The highest BCUT2D eigenvalue weighted by Gasteiger charge is 2.27. The van der Waals surface area contributed by atoms with Crippen molar-refractivity contribution in [1.29, 1.82) is 0 Å². The van der Waals surface area contributed by atoms with Gasteiger partial charge in [0.25, 0.3) is 0 Å². The van der Waals surface area contributed by atoms with Crippen LogP contribution < -0.4 is 0 Å². The highest BCUT2D eigenvalue weighted by Crippen LogP contribution is 2.32. The summed E-state index contributed by atoms with van der Waals surface area (Å²) >= 11 is 20.8. The molecule has 0 bridgehead atoms. The number of aromatic nitrogens is 2. The van der Waals surface area contributed by atoms with E-state index in [1.54, 1.807) is 6.07 Å². The van der Waals surface area contributed by atoms with Gasteiger partial charge in [0.05, 0.1) is 22.4 Å². The highest BCUT2D eigenvalue weighted by atomic mass is 35.5. The molecule has 5 rings (SSSR count). The summed E-state index contributed by atoms with van der Waals surface area (Å²) in [4.78, 5) is 7.43. The SMILES string of the molecule is Clc1ccc(-c2cc(C(=NC3CC3)N3CCSCC3)nn2-c2ccc(Cl)cc2Cl)cc1. The third kappa shape index (κ3) is 4.75. The lowest BCUT2D eigenvalue weighted by Gasteiger charge is -2.28. The van der Waals surface area contributed by atoms with Gasteiger partial charge < -0.3 is 4.90 Å². The molecule has 0 atom stereocenters. The molecule has 0 unspecified atom stereocenters. The molecule has 1 saturated heterocycles. The number of nitrogens with zero attached hydrogens (tertiary/aromatic N) is 4. The zero-order valence-corrected chi connectivity index (χ0v) is 19.9. The fraction of sp³-hybridized carbons (Fsp3) is 0.304. The minimum atomic E-state index is 0.410. The van der Waals surface area contributed by atoms with Gasteiger partial charge in [-0.25, -0.2) is 4.68 Å². The van der Waals surface area contributed by atoms with E-state index in [9.17, 15) is 0 Å². The largest absolute Gasteiger partial charge is 0.353 e. The Hall–Kier alpha value is -1.66. The normalized spacial score (nSPS) is 17.3. The third-order valence-corrected chi connectivity index (χ3v) is 7.11. The van der Waals surface area contributed by atoms with Crippen LogP contribution in [-0.4, -0.2) is 51.2 Å². The average molecular weight is 492 g/mol. The van der Waals surface area contributed by atoms with E-state index in [2.05, 4.69) is 11.0 Å². The standard InChI is InChI=1S/C23H21Cl3N4S/c24-16-3-1-15(2-4-16)22-14-20(28-30(22)21-8-5-17(25)13-19(21)26)23(27-18-6-7-18)29-9-11-31-12-10-29/h1-5,8,13-14,18H,6-7,9-12H2. The van der Waals surface area contributed by atoms with Crippen LogP contribution in [0.25, 0.3) is 16.9 Å². The predicted octanol–water partition coefficient (Wildman–Crippen LogP) is 6.46. The van der Waals surface area contributed by atoms with E-state index >= 15 is 0 Å². The first-order valence-corrected chi connectivity index (χ1v) is 12.6. The summed E-state index contributed by atoms with van der Waals surface area (Å²) in [7, 11) is 0. The molecule has 2 fully saturated rings. The number of hydrogen-bond acceptors (Lipinski definition) is 3. The van der Waals surface area contributed by atoms with Crippen molar-refractivity contribution in [3.63, 3.8) is 0 Å². The molecule has 2 heterocycles. The second kappa shape index (κ2) is 9.07. The van der Waals surface area contributed by atoms with Crippen LogP contribution in [0.2, 0.25) is 15.1 Å². The second-order valence-corrected chi connectivity index (χ2v) is 10.2. The molecule has 3 aromatic rings. The number of amidine groups is 1. The van der Waals surface area contributed by atoms with Gasteiger partial charge in [0.1, 0.15) is 5.69 Å². The quantitative estimate of drug-likeness (QED) is 0.310. The maximum absolute atomic E-state index is 6.57. The number of halogens is 3. The molecule has 4 nitrogen and oxygen atoms in total. The molecular weight excluding hydrogens is 471 g/mol. The first-order chi connectivity index (χ1) is 15.1. The monoisotopic (exact) mass is 490 g/mol. The summed E-state index contributed by atoms with van der Waals surface area (Å²) in [6.07, 6.45) is 2.31. The van der Waals surface area contributed by atoms with E-state index in [0.717, 1.165) is 65.9 Å². The minimum Gasteiger partial charge on any atom is -0.353 e. The fourth-order valence-electron chi connectivity index (χ4n) is 3.61. The van der Waals surface area contributed by atoms with E-state index in [0.29, 0.717) is 21.1 Å². The van der Waals surface area contributed by atoms with Crippen molar-refractivity contribution >= 4 is 52.4 Å². The van der Waals surface area contributed by atoms with Crippen LogP contribution in [0.15, 0.2) is 53.5 Å². The Balaban J connectivity index is 1.65. The first kappa shape index (κ1) is 21.2. The van der Waals surface area contributed by atoms with Gasteiger partial charge >= 0.3 is 0 Å². The molecule has 0 radical (unpaired) electrons. The van der Waals surface area contributed by atoms with E-state index in [-0.39, 0.29) is 0 Å². The lowest BCUT2D eigenvalue weighted by Crippen LogP contribution is -2.39. The van der Waals surface area contributed by atoms with Crippen molar-refractivity contribution in [3.05, 3.63) is 69.3 Å². The van der Waals surface area contributed by atoms with Gasteiger partial charge in [-0.05, 0) is 49.2 Å². The molecule has 0 amide bonds. The number of benzene rings is 2. The van der Waals surface area contributed by atoms with Gasteiger partial charge in [-0.3, -0.25) is 4.99 Å². The summed E-state index contributed by atoms with van der Waals surface area (Å²) in [5.41, 5.74) is 3.59. The van der Waals surface area contributed by atoms with Crippen LogP contribution in [-0.2, 0) is 0 Å². The lowest BCUT2D eigenvalue weighted by molar-refractivity contribution is 0.460. The van der Waals surface area contributed by atoms with Crippen LogP contribution in [0.4, 0.5) is 0 Å². The van der Waals surface area contributed by atoms with Crippen LogP contribution in [0, 0.1) is 0 Å². The summed E-state index contributed by atoms with van der Waals surface area (Å²) in [5.74, 6) is 3.20. The molecule has 2 aliphatic rings. The van der Waals surface area contributed by atoms with Gasteiger partial charge in [-0.15, -0.1) is 0 Å². The van der Waals surface area contributed by atoms with Gasteiger partial charge in [0.2, 0.25) is 0 Å². The van der Waals surface area contributed by atoms with Gasteiger partial charge in [0, 0.05) is 40.2 Å². The van der Waals surface area contributed by atoms with Crippen molar-refractivity contribution in [3.8, 4) is 16.9 Å². The molecule has 1 saturated carbocycles. The van der Waals surface area contributed by atoms with E-state index in [1.165, 1.54) is 0 Å². The van der Waals surface area contributed by atoms with E-state index in [1.807, 2.05) is 52.8 Å². The topological polar surface area (TPSA) is 33.4 Å². The zero-order chi connectivity index (χ0) is 21.4. The smallest absolute Gasteiger partial charge is 0.152 e. The Morgan fingerprint density at radius 1 is 0.935 bits per heavy atom. The van der Waals surface area contributed by atoms with Crippen molar-refractivity contribution < 1.29 is 0 Å². The Morgan fingerprint density at radius 2 is 1.65 bits per heavy atom. The maximum atomic E-state index is 6.57. The van der Waals surface area contributed by atoms with Crippen molar-refractivity contribution in [2.75, 3.05) is 24.6 Å². The lowest BCUT2D eigenvalue weighted by atomic mass is 10.1. The highest BCUT2D eigenvalue weighted by molar-refractivity contribution is 7.99. The molecule has 31 heavy (non-hydrogen) atoms. The van der Waals surface area contributed by atoms with Crippen LogP contribution in [0.3, 0.4) is 0 Å². The average Bonchev–Trinajstić information content (AvgIpc) is 3.50. The maximum Gasteiger partial charge on any atom is 0.152 e. The third-order valence-electron chi connectivity index (χ3n) is 5.38. The van der Waals surface area contributed by atoms with Gasteiger partial charge in [0.15, 0.2) is 5.84 Å². The van der Waals surface area contributed by atoms with Crippen LogP contribution in [0.5, 0.6) is 0 Å². The number of rotatable bonds is 4. The van der Waals surface area contributed by atoms with Crippen molar-refractivity contribution in [1.82, 2.24) is 14.7 Å². The molecule has 0 N–H and O–H groups in total. The fourth-order valence-corrected chi connectivity index (χ4v) is 5.13. The van der Waals surface area contributed by atoms with Crippen LogP contribution in [0.1, 0.15) is 18.5 Å². The Morgan fingerprint density at radius 3 is 2.32 bits per heavy atom. The molecule has 160 valence electrons. The van der Waals surface area contributed by atoms with E-state index < -0.39 is 0 Å². The molecule has 2 aromatic carbocycles. The Kier molecular flexibility index (Phi) is 6.20. The zero-order valence-electron chi connectivity index (χ0n) is 16.8. The van der Waals surface area contributed by atoms with Crippen molar-refractivity contribution in [2.45, 2.75) is 18.9 Å². The van der Waals surface area contributed by atoms with E-state index in [4.69, 9.17) is 44.9 Å². The summed E-state index contributed by atoms with van der Waals surface area (Å²) in [5, 5.41) is 6.84. The second-order valence-electron chi connectivity index (χ2n) is 7.71. The molecule has 1 aliphatic carbocycles. The molecular formula is C23H21Cl3N4S. The Bertz CT molecular complexity index is 1120. The van der Waals surface area contributed by atoms with Crippen LogP contribution >= 0.6 is 46.6 Å². The summed E-state index contributed by atoms with van der Waals surface area (Å²) in [6, 6.07) is 15.8. The number of hydrogen-bond donors (Lipinski definition) is 0. The minimum absolute atomic E-state index is 0.410. The summed E-state index contributed by atoms with van der Waals surface area (Å²) in [6.45, 7) is 1.97. The van der Waals surface area contributed by atoms with Gasteiger partial charge in [-0.1, -0.05) is 46.9 Å². The number of aliphatic imine (C=N–C) groups is 1. The Labute approximate surface area is 201 Å². The molecule has 1 aliphatic heterocycles. The molecule has 1 aromatic heterocycles. The predicted molar refractivity (Wildman–Crippen MR) is 132 cm³/mol. The molecule has 8 heteroatoms. The first-order valence-electron chi connectivity index (χ1n) is 10.3.